The van der Waals surface area contributed by atoms with Crippen LogP contribution in [-0.4, -0.2) is 18.5 Å². The summed E-state index contributed by atoms with van der Waals surface area (Å²) in [6.45, 7) is 8.09. The second-order valence-corrected chi connectivity index (χ2v) is 6.01. The van der Waals surface area contributed by atoms with Gasteiger partial charge in [0.1, 0.15) is 0 Å². The Morgan fingerprint density at radius 3 is 2.56 bits per heavy atom. The number of hydrogen-bond acceptors (Lipinski definition) is 1. The average Bonchev–Trinajstić information content (AvgIpc) is 2.63. The molecule has 1 aromatic rings. The first-order valence-corrected chi connectivity index (χ1v) is 6.29. The predicted octanol–water partition coefficient (Wildman–Crippen LogP) is 3.75. The molecule has 0 aromatic heterocycles. The summed E-state index contributed by atoms with van der Waals surface area (Å²) in [4.78, 5) is 2.47. The lowest BCUT2D eigenvalue weighted by molar-refractivity contribution is 0.317. The molecule has 1 nitrogen and oxygen atoms in total. The van der Waals surface area contributed by atoms with E-state index in [1.54, 1.807) is 0 Å². The van der Waals surface area contributed by atoms with Gasteiger partial charge in [-0.05, 0) is 43.0 Å². The molecule has 2 rings (SSSR count). The highest BCUT2D eigenvalue weighted by Crippen LogP contribution is 2.32. The Labute approximate surface area is 99.5 Å². The lowest BCUT2D eigenvalue weighted by atomic mass is 9.85. The summed E-state index contributed by atoms with van der Waals surface area (Å²) in [6, 6.07) is 9.77. The Morgan fingerprint density at radius 2 is 2.00 bits per heavy atom. The minimum absolute atomic E-state index is 0.257. The van der Waals surface area contributed by atoms with E-state index in [0.717, 1.165) is 0 Å². The Bertz CT molecular complexity index is 362. The molecule has 0 radical (unpaired) electrons. The van der Waals surface area contributed by atoms with Crippen molar-refractivity contribution in [2.45, 2.75) is 45.1 Å². The molecular weight excluding hydrogens is 194 g/mol. The van der Waals surface area contributed by atoms with Crippen LogP contribution < -0.4 is 0 Å². The molecule has 1 fully saturated rings. The molecule has 0 aliphatic carbocycles. The molecular formula is C15H23N. The van der Waals surface area contributed by atoms with Crippen molar-refractivity contribution >= 4 is 0 Å². The van der Waals surface area contributed by atoms with E-state index in [4.69, 9.17) is 0 Å². The summed E-state index contributed by atoms with van der Waals surface area (Å²) < 4.78 is 0. The van der Waals surface area contributed by atoms with E-state index in [2.05, 4.69) is 57.0 Å². The van der Waals surface area contributed by atoms with E-state index in [9.17, 15) is 0 Å². The fourth-order valence-electron chi connectivity index (χ4n) is 2.54. The maximum absolute atomic E-state index is 2.47. The van der Waals surface area contributed by atoms with Crippen LogP contribution in [0.2, 0.25) is 0 Å². The fourth-order valence-corrected chi connectivity index (χ4v) is 2.54. The van der Waals surface area contributed by atoms with E-state index in [1.807, 2.05) is 0 Å². The second-order valence-electron chi connectivity index (χ2n) is 6.01. The largest absolute Gasteiger partial charge is 0.299 e. The quantitative estimate of drug-likeness (QED) is 0.692. The van der Waals surface area contributed by atoms with Crippen molar-refractivity contribution in [3.63, 3.8) is 0 Å². The molecule has 0 saturated carbocycles. The molecule has 1 aliphatic heterocycles. The SMILES string of the molecule is CN1CCCC1c1cccc(C(C)(C)C)c1. The van der Waals surface area contributed by atoms with Crippen molar-refractivity contribution in [3.05, 3.63) is 35.4 Å². The van der Waals surface area contributed by atoms with Gasteiger partial charge in [-0.3, -0.25) is 4.90 Å². The molecule has 1 aromatic carbocycles. The van der Waals surface area contributed by atoms with Crippen LogP contribution in [0.5, 0.6) is 0 Å². The van der Waals surface area contributed by atoms with Gasteiger partial charge in [-0.2, -0.15) is 0 Å². The van der Waals surface area contributed by atoms with Gasteiger partial charge in [0.2, 0.25) is 0 Å². The monoisotopic (exact) mass is 217 g/mol. The highest BCUT2D eigenvalue weighted by atomic mass is 15.1. The Hall–Kier alpha value is -0.820. The summed E-state index contributed by atoms with van der Waals surface area (Å²) in [6.07, 6.45) is 2.64. The topological polar surface area (TPSA) is 3.24 Å². The summed E-state index contributed by atoms with van der Waals surface area (Å²) in [5, 5.41) is 0. The van der Waals surface area contributed by atoms with Crippen molar-refractivity contribution in [1.29, 1.82) is 0 Å². The van der Waals surface area contributed by atoms with Gasteiger partial charge < -0.3 is 0 Å². The predicted molar refractivity (Wildman–Crippen MR) is 69.7 cm³/mol. The highest BCUT2D eigenvalue weighted by molar-refractivity contribution is 5.30. The third-order valence-electron chi connectivity index (χ3n) is 3.66. The van der Waals surface area contributed by atoms with Crippen molar-refractivity contribution in [2.75, 3.05) is 13.6 Å². The molecule has 1 atom stereocenters. The normalized spacial score (nSPS) is 22.6. The van der Waals surface area contributed by atoms with E-state index in [-0.39, 0.29) is 5.41 Å². The molecule has 1 unspecified atom stereocenters. The molecule has 1 aliphatic rings. The van der Waals surface area contributed by atoms with E-state index >= 15 is 0 Å². The average molecular weight is 217 g/mol. The molecule has 0 spiro atoms. The molecule has 88 valence electrons. The van der Waals surface area contributed by atoms with Crippen LogP contribution in [0.3, 0.4) is 0 Å². The molecule has 1 saturated heterocycles. The van der Waals surface area contributed by atoms with Crippen molar-refractivity contribution in [1.82, 2.24) is 4.90 Å². The van der Waals surface area contributed by atoms with Gasteiger partial charge in [0.15, 0.2) is 0 Å². The summed E-state index contributed by atoms with van der Waals surface area (Å²) in [5.74, 6) is 0. The Balaban J connectivity index is 2.29. The molecule has 0 bridgehead atoms. The maximum Gasteiger partial charge on any atom is 0.0345 e. The standard InChI is InChI=1S/C15H23N/c1-15(2,3)13-8-5-7-12(11-13)14-9-6-10-16(14)4/h5,7-8,11,14H,6,9-10H2,1-4H3. The van der Waals surface area contributed by atoms with E-state index in [1.165, 1.54) is 30.5 Å². The van der Waals surface area contributed by atoms with Crippen LogP contribution >= 0.6 is 0 Å². The van der Waals surface area contributed by atoms with E-state index in [0.29, 0.717) is 6.04 Å². The zero-order chi connectivity index (χ0) is 11.8. The first kappa shape index (κ1) is 11.7. The summed E-state index contributed by atoms with van der Waals surface area (Å²) in [5.41, 5.74) is 3.20. The molecule has 0 amide bonds. The highest BCUT2D eigenvalue weighted by Gasteiger charge is 2.23. The van der Waals surface area contributed by atoms with Gasteiger partial charge in [0.05, 0.1) is 0 Å². The van der Waals surface area contributed by atoms with Crippen LogP contribution in [0, 0.1) is 0 Å². The third kappa shape index (κ3) is 2.30. The van der Waals surface area contributed by atoms with Gasteiger partial charge in [0.25, 0.3) is 0 Å². The minimum atomic E-state index is 0.257. The fraction of sp³-hybridized carbons (Fsp3) is 0.600. The zero-order valence-electron chi connectivity index (χ0n) is 11.0. The smallest absolute Gasteiger partial charge is 0.0345 e. The van der Waals surface area contributed by atoms with Crippen molar-refractivity contribution < 1.29 is 0 Å². The summed E-state index contributed by atoms with van der Waals surface area (Å²) >= 11 is 0. The Kier molecular flexibility index (Phi) is 3.07. The maximum atomic E-state index is 2.47. The van der Waals surface area contributed by atoms with Gasteiger partial charge in [-0.1, -0.05) is 45.0 Å². The first-order chi connectivity index (χ1) is 7.48. The Morgan fingerprint density at radius 1 is 1.25 bits per heavy atom. The van der Waals surface area contributed by atoms with Crippen LogP contribution in [0.1, 0.15) is 50.8 Å². The van der Waals surface area contributed by atoms with Crippen LogP contribution in [0.15, 0.2) is 24.3 Å². The minimum Gasteiger partial charge on any atom is -0.299 e. The van der Waals surface area contributed by atoms with Gasteiger partial charge in [0, 0.05) is 6.04 Å². The second kappa shape index (κ2) is 4.21. The van der Waals surface area contributed by atoms with Gasteiger partial charge in [-0.25, -0.2) is 0 Å². The van der Waals surface area contributed by atoms with Crippen LogP contribution in [-0.2, 0) is 5.41 Å². The third-order valence-corrected chi connectivity index (χ3v) is 3.66. The van der Waals surface area contributed by atoms with Crippen LogP contribution in [0.4, 0.5) is 0 Å². The van der Waals surface area contributed by atoms with Gasteiger partial charge >= 0.3 is 0 Å². The molecule has 16 heavy (non-hydrogen) atoms. The molecule has 1 heteroatoms. The zero-order valence-corrected chi connectivity index (χ0v) is 11.0. The molecule has 1 heterocycles. The van der Waals surface area contributed by atoms with Crippen molar-refractivity contribution in [3.8, 4) is 0 Å². The number of likely N-dealkylation sites (tertiary alicyclic amines) is 1. The van der Waals surface area contributed by atoms with E-state index < -0.39 is 0 Å². The molecule has 0 N–H and O–H groups in total. The number of nitrogens with zero attached hydrogens (tertiary/aromatic N) is 1. The van der Waals surface area contributed by atoms with Crippen molar-refractivity contribution in [2.24, 2.45) is 0 Å². The number of rotatable bonds is 1. The summed E-state index contributed by atoms with van der Waals surface area (Å²) in [7, 11) is 2.24. The number of hydrogen-bond donors (Lipinski definition) is 0. The van der Waals surface area contributed by atoms with Crippen LogP contribution in [0.25, 0.3) is 0 Å². The lowest BCUT2D eigenvalue weighted by Gasteiger charge is -2.24. The van der Waals surface area contributed by atoms with Gasteiger partial charge in [-0.15, -0.1) is 0 Å². The first-order valence-electron chi connectivity index (χ1n) is 6.29. The number of benzene rings is 1. The lowest BCUT2D eigenvalue weighted by Crippen LogP contribution is -2.18.